The van der Waals surface area contributed by atoms with E-state index in [-0.39, 0.29) is 43.7 Å². The Hall–Kier alpha value is -2.89. The highest BCUT2D eigenvalue weighted by Gasteiger charge is 2.15. The third kappa shape index (κ3) is 7.48. The Morgan fingerprint density at radius 1 is 0.963 bits per heavy atom. The molecule has 0 N–H and O–H groups in total. The van der Waals surface area contributed by atoms with Gasteiger partial charge in [0.15, 0.2) is 0 Å². The van der Waals surface area contributed by atoms with Crippen LogP contribution < -0.4 is 4.74 Å². The standard InChI is InChI=1S/C21H24FNO4/c1-26-21(25)12-15-23(14-11-17-7-9-18(22)10-8-17)20(24)13-16-27-19-5-3-2-4-6-19/h2-10H,11-16H2,1H3. The van der Waals surface area contributed by atoms with E-state index in [0.717, 1.165) is 5.56 Å². The van der Waals surface area contributed by atoms with Gasteiger partial charge in [0.1, 0.15) is 11.6 Å². The molecule has 6 heteroatoms. The lowest BCUT2D eigenvalue weighted by atomic mass is 10.1. The van der Waals surface area contributed by atoms with Crippen molar-refractivity contribution in [3.05, 3.63) is 66.0 Å². The molecule has 2 rings (SSSR count). The van der Waals surface area contributed by atoms with Gasteiger partial charge < -0.3 is 14.4 Å². The molecule has 2 aromatic carbocycles. The van der Waals surface area contributed by atoms with Crippen molar-refractivity contribution >= 4 is 11.9 Å². The Labute approximate surface area is 158 Å². The van der Waals surface area contributed by atoms with Crippen LogP contribution in [0, 0.1) is 5.82 Å². The van der Waals surface area contributed by atoms with Crippen molar-refractivity contribution in [1.82, 2.24) is 4.90 Å². The first-order chi connectivity index (χ1) is 13.1. The van der Waals surface area contributed by atoms with E-state index in [9.17, 15) is 14.0 Å². The average Bonchev–Trinajstić information content (AvgIpc) is 2.69. The second kappa shape index (κ2) is 11.0. The third-order valence-electron chi connectivity index (χ3n) is 4.08. The molecule has 5 nitrogen and oxygen atoms in total. The number of rotatable bonds is 10. The fourth-order valence-corrected chi connectivity index (χ4v) is 2.54. The topological polar surface area (TPSA) is 55.8 Å². The molecule has 0 bridgehead atoms. The number of methoxy groups -OCH3 is 1. The lowest BCUT2D eigenvalue weighted by molar-refractivity contribution is -0.141. The van der Waals surface area contributed by atoms with Gasteiger partial charge in [-0.25, -0.2) is 4.39 Å². The van der Waals surface area contributed by atoms with Gasteiger partial charge in [-0.3, -0.25) is 9.59 Å². The summed E-state index contributed by atoms with van der Waals surface area (Å²) < 4.78 is 23.2. The molecule has 0 saturated heterocycles. The van der Waals surface area contributed by atoms with Crippen LogP contribution in [-0.2, 0) is 20.7 Å². The van der Waals surface area contributed by atoms with Gasteiger partial charge in [-0.05, 0) is 36.2 Å². The van der Waals surface area contributed by atoms with Crippen LogP contribution in [0.1, 0.15) is 18.4 Å². The molecular weight excluding hydrogens is 349 g/mol. The Morgan fingerprint density at radius 2 is 1.67 bits per heavy atom. The number of nitrogens with zero attached hydrogens (tertiary/aromatic N) is 1. The third-order valence-corrected chi connectivity index (χ3v) is 4.08. The van der Waals surface area contributed by atoms with Gasteiger partial charge in [-0.2, -0.15) is 0 Å². The first kappa shape index (κ1) is 20.4. The fourth-order valence-electron chi connectivity index (χ4n) is 2.54. The van der Waals surface area contributed by atoms with Crippen LogP contribution in [0.4, 0.5) is 4.39 Å². The molecule has 0 aromatic heterocycles. The number of esters is 1. The van der Waals surface area contributed by atoms with Crippen molar-refractivity contribution in [2.24, 2.45) is 0 Å². The summed E-state index contributed by atoms with van der Waals surface area (Å²) in [5, 5.41) is 0. The summed E-state index contributed by atoms with van der Waals surface area (Å²) in [6.45, 7) is 0.971. The molecule has 0 aliphatic carbocycles. The fraction of sp³-hybridized carbons (Fsp3) is 0.333. The molecule has 27 heavy (non-hydrogen) atoms. The zero-order valence-corrected chi connectivity index (χ0v) is 15.4. The molecule has 0 aliphatic heterocycles. The number of hydrogen-bond donors (Lipinski definition) is 0. The number of hydrogen-bond acceptors (Lipinski definition) is 4. The van der Waals surface area contributed by atoms with E-state index in [1.54, 1.807) is 17.0 Å². The summed E-state index contributed by atoms with van der Waals surface area (Å²) in [4.78, 5) is 25.6. The largest absolute Gasteiger partial charge is 0.493 e. The highest BCUT2D eigenvalue weighted by atomic mass is 19.1. The molecule has 2 aromatic rings. The maximum Gasteiger partial charge on any atom is 0.307 e. The zero-order valence-electron chi connectivity index (χ0n) is 15.4. The number of ether oxygens (including phenoxy) is 2. The SMILES string of the molecule is COC(=O)CCN(CCc1ccc(F)cc1)C(=O)CCOc1ccccc1. The monoisotopic (exact) mass is 373 g/mol. The molecule has 0 spiro atoms. The molecule has 0 heterocycles. The quantitative estimate of drug-likeness (QED) is 0.600. The molecule has 0 atom stereocenters. The predicted octanol–water partition coefficient (Wildman–Crippen LogP) is 3.23. The molecule has 0 radical (unpaired) electrons. The van der Waals surface area contributed by atoms with E-state index in [4.69, 9.17) is 4.74 Å². The Balaban J connectivity index is 1.87. The van der Waals surface area contributed by atoms with Gasteiger partial charge in [0.25, 0.3) is 0 Å². The lowest BCUT2D eigenvalue weighted by Crippen LogP contribution is -2.35. The van der Waals surface area contributed by atoms with Crippen molar-refractivity contribution in [2.75, 3.05) is 26.8 Å². The van der Waals surface area contributed by atoms with Crippen LogP contribution in [0.3, 0.4) is 0 Å². The van der Waals surface area contributed by atoms with Crippen LogP contribution in [0.25, 0.3) is 0 Å². The summed E-state index contributed by atoms with van der Waals surface area (Å²) in [6, 6.07) is 15.4. The van der Waals surface area contributed by atoms with Gasteiger partial charge in [-0.1, -0.05) is 30.3 Å². The summed E-state index contributed by atoms with van der Waals surface area (Å²) in [5.41, 5.74) is 0.924. The molecule has 144 valence electrons. The van der Waals surface area contributed by atoms with Crippen LogP contribution >= 0.6 is 0 Å². The van der Waals surface area contributed by atoms with Crippen molar-refractivity contribution in [2.45, 2.75) is 19.3 Å². The normalized spacial score (nSPS) is 10.3. The first-order valence-corrected chi connectivity index (χ1v) is 8.85. The lowest BCUT2D eigenvalue weighted by Gasteiger charge is -2.22. The summed E-state index contributed by atoms with van der Waals surface area (Å²) in [6.07, 6.45) is 0.914. The van der Waals surface area contributed by atoms with E-state index < -0.39 is 0 Å². The number of halogens is 1. The molecule has 0 fully saturated rings. The van der Waals surface area contributed by atoms with E-state index in [2.05, 4.69) is 4.74 Å². The van der Waals surface area contributed by atoms with Gasteiger partial charge in [0.05, 0.1) is 26.6 Å². The number of carbonyl (C=O) groups excluding carboxylic acids is 2. The maximum absolute atomic E-state index is 13.0. The molecule has 0 aliphatic rings. The number of benzene rings is 2. The zero-order chi connectivity index (χ0) is 19.5. The van der Waals surface area contributed by atoms with Gasteiger partial charge >= 0.3 is 5.97 Å². The molecular formula is C21H24FNO4. The number of carbonyl (C=O) groups is 2. The minimum atomic E-state index is -0.366. The average molecular weight is 373 g/mol. The van der Waals surface area contributed by atoms with Crippen LogP contribution in [0.15, 0.2) is 54.6 Å². The smallest absolute Gasteiger partial charge is 0.307 e. The summed E-state index contributed by atoms with van der Waals surface area (Å²) in [7, 11) is 1.32. The minimum absolute atomic E-state index is 0.100. The van der Waals surface area contributed by atoms with Crippen LogP contribution in [-0.4, -0.2) is 43.6 Å². The van der Waals surface area contributed by atoms with Gasteiger partial charge in [0.2, 0.25) is 5.91 Å². The Kier molecular flexibility index (Phi) is 8.29. The van der Waals surface area contributed by atoms with Gasteiger partial charge in [-0.15, -0.1) is 0 Å². The highest BCUT2D eigenvalue weighted by molar-refractivity contribution is 5.77. The first-order valence-electron chi connectivity index (χ1n) is 8.85. The van der Waals surface area contributed by atoms with Crippen molar-refractivity contribution in [3.8, 4) is 5.75 Å². The van der Waals surface area contributed by atoms with Crippen LogP contribution in [0.2, 0.25) is 0 Å². The van der Waals surface area contributed by atoms with Crippen molar-refractivity contribution in [1.29, 1.82) is 0 Å². The van der Waals surface area contributed by atoms with E-state index in [0.29, 0.717) is 18.7 Å². The van der Waals surface area contributed by atoms with E-state index in [1.165, 1.54) is 19.2 Å². The van der Waals surface area contributed by atoms with E-state index >= 15 is 0 Å². The second-order valence-corrected chi connectivity index (χ2v) is 5.99. The van der Waals surface area contributed by atoms with Crippen molar-refractivity contribution in [3.63, 3.8) is 0 Å². The predicted molar refractivity (Wildman–Crippen MR) is 99.9 cm³/mol. The summed E-state index contributed by atoms with van der Waals surface area (Å²) in [5.74, 6) is -0.0554. The number of para-hydroxylation sites is 1. The molecule has 0 unspecified atom stereocenters. The number of amides is 1. The Morgan fingerprint density at radius 3 is 2.33 bits per heavy atom. The minimum Gasteiger partial charge on any atom is -0.493 e. The second-order valence-electron chi connectivity index (χ2n) is 5.99. The van der Waals surface area contributed by atoms with E-state index in [1.807, 2.05) is 30.3 Å². The van der Waals surface area contributed by atoms with Crippen LogP contribution in [0.5, 0.6) is 5.75 Å². The Bertz CT molecular complexity index is 719. The summed E-state index contributed by atoms with van der Waals surface area (Å²) >= 11 is 0. The molecule has 1 amide bonds. The maximum atomic E-state index is 13.0. The van der Waals surface area contributed by atoms with Gasteiger partial charge in [0, 0.05) is 13.1 Å². The highest BCUT2D eigenvalue weighted by Crippen LogP contribution is 2.10. The van der Waals surface area contributed by atoms with Crippen molar-refractivity contribution < 1.29 is 23.5 Å². The molecule has 0 saturated carbocycles.